The van der Waals surface area contributed by atoms with E-state index in [1.807, 2.05) is 0 Å². The number of nitrogens with zero attached hydrogens (tertiary/aromatic N) is 1. The molecule has 33 heavy (non-hydrogen) atoms. The summed E-state index contributed by atoms with van der Waals surface area (Å²) in [5.74, 6) is -1.56. The molecule has 0 aliphatic carbocycles. The van der Waals surface area contributed by atoms with E-state index in [4.69, 9.17) is 4.42 Å². The van der Waals surface area contributed by atoms with Crippen molar-refractivity contribution in [2.45, 2.75) is 12.2 Å². The number of rotatable bonds is 2. The van der Waals surface area contributed by atoms with Crippen LogP contribution in [0.3, 0.4) is 0 Å². The van der Waals surface area contributed by atoms with Crippen LogP contribution >= 0.6 is 15.9 Å². The van der Waals surface area contributed by atoms with Crippen molar-refractivity contribution in [1.29, 1.82) is 0 Å². The predicted octanol–water partition coefficient (Wildman–Crippen LogP) is 6.46. The van der Waals surface area contributed by atoms with Gasteiger partial charge >= 0.3 is 6.18 Å². The lowest BCUT2D eigenvalue weighted by Crippen LogP contribution is -2.29. The van der Waals surface area contributed by atoms with Crippen molar-refractivity contribution in [1.82, 2.24) is 0 Å². The number of anilines is 1. The number of halogens is 5. The first-order valence-electron chi connectivity index (χ1n) is 9.67. The lowest BCUT2D eigenvalue weighted by molar-refractivity contribution is -0.137. The Morgan fingerprint density at radius 1 is 0.939 bits per heavy atom. The summed E-state index contributed by atoms with van der Waals surface area (Å²) in [6.45, 7) is 0. The van der Waals surface area contributed by atoms with Gasteiger partial charge in [0.1, 0.15) is 11.4 Å². The van der Waals surface area contributed by atoms with Crippen LogP contribution in [-0.2, 0) is 6.18 Å². The van der Waals surface area contributed by atoms with Gasteiger partial charge in [-0.25, -0.2) is 4.39 Å². The smallest absolute Gasteiger partial charge is 0.416 e. The van der Waals surface area contributed by atoms with Gasteiger partial charge in [0.2, 0.25) is 5.76 Å². The molecule has 4 aromatic rings. The van der Waals surface area contributed by atoms with Crippen LogP contribution in [0.25, 0.3) is 11.0 Å². The highest BCUT2D eigenvalue weighted by Crippen LogP contribution is 2.42. The minimum Gasteiger partial charge on any atom is -0.450 e. The zero-order chi connectivity index (χ0) is 23.5. The molecule has 0 N–H and O–H groups in total. The summed E-state index contributed by atoms with van der Waals surface area (Å²) in [5.41, 5.74) is -1.02. The molecule has 1 aliphatic rings. The SMILES string of the molecule is O=C1c2oc3ccc(Br)cc3c(=O)c2C(c2ccc(F)cc2)N1c1cccc(C(F)(F)F)c1. The molecule has 0 spiro atoms. The van der Waals surface area contributed by atoms with Gasteiger partial charge < -0.3 is 4.42 Å². The Balaban J connectivity index is 1.79. The largest absolute Gasteiger partial charge is 0.450 e. The molecule has 0 bridgehead atoms. The van der Waals surface area contributed by atoms with Crippen molar-refractivity contribution in [3.63, 3.8) is 0 Å². The number of benzene rings is 3. The van der Waals surface area contributed by atoms with E-state index >= 15 is 0 Å². The van der Waals surface area contributed by atoms with E-state index in [1.54, 1.807) is 12.1 Å². The average Bonchev–Trinajstić information content (AvgIpc) is 3.07. The van der Waals surface area contributed by atoms with E-state index in [9.17, 15) is 27.2 Å². The fourth-order valence-corrected chi connectivity index (χ4v) is 4.37. The molecule has 1 unspecified atom stereocenters. The number of amides is 1. The van der Waals surface area contributed by atoms with Crippen molar-refractivity contribution in [2.24, 2.45) is 0 Å². The molecule has 0 radical (unpaired) electrons. The zero-order valence-electron chi connectivity index (χ0n) is 16.5. The fraction of sp³-hybridized carbons (Fsp3) is 0.0833. The van der Waals surface area contributed by atoms with Crippen LogP contribution in [0, 0.1) is 5.82 Å². The Bertz CT molecular complexity index is 1480. The van der Waals surface area contributed by atoms with Crippen LogP contribution in [0.5, 0.6) is 0 Å². The van der Waals surface area contributed by atoms with Crippen LogP contribution in [-0.4, -0.2) is 5.91 Å². The van der Waals surface area contributed by atoms with Crippen molar-refractivity contribution in [3.8, 4) is 0 Å². The number of fused-ring (bicyclic) bond motifs is 2. The molecule has 3 aromatic carbocycles. The van der Waals surface area contributed by atoms with Gasteiger partial charge in [-0.15, -0.1) is 0 Å². The number of alkyl halides is 3. The van der Waals surface area contributed by atoms with E-state index in [0.29, 0.717) is 10.0 Å². The second-order valence-electron chi connectivity index (χ2n) is 7.49. The Labute approximate surface area is 192 Å². The third-order valence-electron chi connectivity index (χ3n) is 5.47. The average molecular weight is 518 g/mol. The number of carbonyl (C=O) groups excluding carboxylic acids is 1. The number of hydrogen-bond donors (Lipinski definition) is 0. The molecule has 166 valence electrons. The summed E-state index contributed by atoms with van der Waals surface area (Å²) in [7, 11) is 0. The van der Waals surface area contributed by atoms with Gasteiger partial charge in [0, 0.05) is 10.2 Å². The van der Waals surface area contributed by atoms with Crippen molar-refractivity contribution in [3.05, 3.63) is 110 Å². The summed E-state index contributed by atoms with van der Waals surface area (Å²) in [5, 5.41) is 0.203. The predicted molar refractivity (Wildman–Crippen MR) is 117 cm³/mol. The molecular weight excluding hydrogens is 506 g/mol. The maximum Gasteiger partial charge on any atom is 0.416 e. The van der Waals surface area contributed by atoms with Gasteiger partial charge in [0.25, 0.3) is 5.91 Å². The highest BCUT2D eigenvalue weighted by atomic mass is 79.9. The lowest BCUT2D eigenvalue weighted by Gasteiger charge is -2.26. The third-order valence-corrected chi connectivity index (χ3v) is 5.96. The van der Waals surface area contributed by atoms with Crippen molar-refractivity contribution >= 4 is 38.5 Å². The number of hydrogen-bond acceptors (Lipinski definition) is 3. The zero-order valence-corrected chi connectivity index (χ0v) is 18.1. The van der Waals surface area contributed by atoms with E-state index in [1.165, 1.54) is 30.3 Å². The summed E-state index contributed by atoms with van der Waals surface area (Å²) in [4.78, 5) is 27.9. The quantitative estimate of drug-likeness (QED) is 0.286. The molecule has 1 amide bonds. The van der Waals surface area contributed by atoms with Crippen LogP contribution in [0.1, 0.15) is 33.3 Å². The van der Waals surface area contributed by atoms with Crippen LogP contribution in [0.2, 0.25) is 0 Å². The molecule has 1 aliphatic heterocycles. The van der Waals surface area contributed by atoms with Gasteiger partial charge in [-0.2, -0.15) is 13.2 Å². The van der Waals surface area contributed by atoms with E-state index in [-0.39, 0.29) is 28.0 Å². The monoisotopic (exact) mass is 517 g/mol. The van der Waals surface area contributed by atoms with E-state index in [0.717, 1.165) is 29.2 Å². The molecule has 0 saturated carbocycles. The minimum absolute atomic E-state index is 0.0189. The first kappa shape index (κ1) is 21.4. The van der Waals surface area contributed by atoms with Crippen molar-refractivity contribution < 1.29 is 26.8 Å². The van der Waals surface area contributed by atoms with Crippen LogP contribution < -0.4 is 10.3 Å². The summed E-state index contributed by atoms with van der Waals surface area (Å²) >= 11 is 3.30. The van der Waals surface area contributed by atoms with Gasteiger partial charge in [0.15, 0.2) is 5.43 Å². The van der Waals surface area contributed by atoms with Crippen LogP contribution in [0.4, 0.5) is 23.2 Å². The summed E-state index contributed by atoms with van der Waals surface area (Å²) < 4.78 is 60.0. The molecule has 9 heteroatoms. The highest BCUT2D eigenvalue weighted by Gasteiger charge is 2.44. The van der Waals surface area contributed by atoms with Gasteiger partial charge in [0.05, 0.1) is 22.6 Å². The van der Waals surface area contributed by atoms with E-state index < -0.39 is 34.9 Å². The molecule has 2 heterocycles. The second-order valence-corrected chi connectivity index (χ2v) is 8.41. The maximum atomic E-state index is 13.6. The van der Waals surface area contributed by atoms with Gasteiger partial charge in [-0.3, -0.25) is 14.5 Å². The molecule has 1 atom stereocenters. The molecule has 1 aromatic heterocycles. The molecule has 4 nitrogen and oxygen atoms in total. The second kappa shape index (κ2) is 7.55. The number of carbonyl (C=O) groups is 1. The standard InChI is InChI=1S/C24H12BrF4NO3/c25-14-6-9-18-17(11-14)21(31)19-20(12-4-7-15(26)8-5-12)30(23(32)22(19)33-18)16-3-1-2-13(10-16)24(27,28)29/h1-11,20H. The summed E-state index contributed by atoms with van der Waals surface area (Å²) in [6.07, 6.45) is -4.63. The Morgan fingerprint density at radius 2 is 1.67 bits per heavy atom. The van der Waals surface area contributed by atoms with Crippen molar-refractivity contribution in [2.75, 3.05) is 4.90 Å². The molecule has 5 rings (SSSR count). The third kappa shape index (κ3) is 3.52. The molecule has 0 saturated heterocycles. The molecule has 0 fully saturated rings. The maximum absolute atomic E-state index is 13.6. The lowest BCUT2D eigenvalue weighted by atomic mass is 9.98. The van der Waals surface area contributed by atoms with E-state index in [2.05, 4.69) is 15.9 Å². The first-order chi connectivity index (χ1) is 15.6. The highest BCUT2D eigenvalue weighted by molar-refractivity contribution is 9.10. The van der Waals surface area contributed by atoms with Crippen LogP contribution in [0.15, 0.2) is 80.4 Å². The van der Waals surface area contributed by atoms with Gasteiger partial charge in [-0.05, 0) is 54.1 Å². The minimum atomic E-state index is -4.63. The first-order valence-corrected chi connectivity index (χ1v) is 10.5. The Hall–Kier alpha value is -3.46. The van der Waals surface area contributed by atoms with Gasteiger partial charge in [-0.1, -0.05) is 34.1 Å². The fourth-order valence-electron chi connectivity index (χ4n) is 4.00. The topological polar surface area (TPSA) is 50.5 Å². The Morgan fingerprint density at radius 3 is 2.36 bits per heavy atom. The summed E-state index contributed by atoms with van der Waals surface area (Å²) in [6, 6.07) is 12.9. The molecular formula is C24H12BrF4NO3. The Kier molecular flexibility index (Phi) is 4.89. The normalized spacial score (nSPS) is 15.8.